The van der Waals surface area contributed by atoms with E-state index in [0.29, 0.717) is 17.1 Å². The van der Waals surface area contributed by atoms with Crippen molar-refractivity contribution in [1.82, 2.24) is 9.97 Å². The number of aromatic nitrogens is 2. The number of amides is 1. The number of allylic oxidation sites excluding steroid dienone is 1. The SMILES string of the molecule is COC(=O)c1ccc(NC(=O)c2cc(NCCC3=CCCCC3)ncn2)cc1. The minimum Gasteiger partial charge on any atom is -0.465 e. The Morgan fingerprint density at radius 2 is 1.96 bits per heavy atom. The zero-order valence-corrected chi connectivity index (χ0v) is 15.9. The quantitative estimate of drug-likeness (QED) is 0.560. The van der Waals surface area contributed by atoms with Crippen LogP contribution in [0.4, 0.5) is 11.5 Å². The standard InChI is InChI=1S/C21H24N4O3/c1-28-21(27)16-7-9-17(10-8-16)25-20(26)18-13-19(24-14-23-18)22-12-11-15-5-3-2-4-6-15/h5,7-10,13-14H,2-4,6,11-12H2,1H3,(H,25,26)(H,22,23,24). The van der Waals surface area contributed by atoms with Gasteiger partial charge in [-0.2, -0.15) is 0 Å². The van der Waals surface area contributed by atoms with Gasteiger partial charge in [-0.1, -0.05) is 11.6 Å². The predicted molar refractivity (Wildman–Crippen MR) is 107 cm³/mol. The van der Waals surface area contributed by atoms with E-state index in [9.17, 15) is 9.59 Å². The van der Waals surface area contributed by atoms with Gasteiger partial charge < -0.3 is 15.4 Å². The Hall–Kier alpha value is -3.22. The summed E-state index contributed by atoms with van der Waals surface area (Å²) >= 11 is 0. The molecule has 1 aliphatic rings. The number of nitrogens with zero attached hydrogens (tertiary/aromatic N) is 2. The minimum absolute atomic E-state index is 0.270. The molecule has 0 spiro atoms. The molecule has 1 aromatic heterocycles. The number of anilines is 2. The van der Waals surface area contributed by atoms with Gasteiger partial charge in [0.2, 0.25) is 0 Å². The van der Waals surface area contributed by atoms with E-state index in [0.717, 1.165) is 13.0 Å². The van der Waals surface area contributed by atoms with Gasteiger partial charge in [0.05, 0.1) is 12.7 Å². The third-order valence-electron chi connectivity index (χ3n) is 4.60. The first kappa shape index (κ1) is 19.5. The highest BCUT2D eigenvalue weighted by atomic mass is 16.5. The van der Waals surface area contributed by atoms with Crippen molar-refractivity contribution in [2.45, 2.75) is 32.1 Å². The van der Waals surface area contributed by atoms with Gasteiger partial charge in [-0.3, -0.25) is 4.79 Å². The van der Waals surface area contributed by atoms with Crippen LogP contribution < -0.4 is 10.6 Å². The summed E-state index contributed by atoms with van der Waals surface area (Å²) in [5.74, 6) is -0.141. The van der Waals surface area contributed by atoms with Crippen LogP contribution in [-0.4, -0.2) is 35.5 Å². The lowest BCUT2D eigenvalue weighted by Crippen LogP contribution is -2.15. The number of rotatable bonds is 7. The fourth-order valence-electron chi connectivity index (χ4n) is 3.06. The average molecular weight is 380 g/mol. The van der Waals surface area contributed by atoms with Crippen molar-refractivity contribution in [3.05, 3.63) is 59.6 Å². The van der Waals surface area contributed by atoms with Crippen LogP contribution in [0.2, 0.25) is 0 Å². The first-order valence-electron chi connectivity index (χ1n) is 9.39. The molecule has 0 saturated heterocycles. The Bertz CT molecular complexity index is 862. The molecular weight excluding hydrogens is 356 g/mol. The van der Waals surface area contributed by atoms with Crippen LogP contribution in [0.3, 0.4) is 0 Å². The molecule has 7 heteroatoms. The Morgan fingerprint density at radius 3 is 2.68 bits per heavy atom. The molecule has 28 heavy (non-hydrogen) atoms. The highest BCUT2D eigenvalue weighted by Crippen LogP contribution is 2.20. The van der Waals surface area contributed by atoms with Crippen molar-refractivity contribution < 1.29 is 14.3 Å². The molecule has 0 atom stereocenters. The van der Waals surface area contributed by atoms with E-state index in [1.54, 1.807) is 30.3 Å². The van der Waals surface area contributed by atoms with E-state index in [-0.39, 0.29) is 11.6 Å². The number of carbonyl (C=O) groups excluding carboxylic acids is 2. The van der Waals surface area contributed by atoms with E-state index in [1.807, 2.05) is 0 Å². The third-order valence-corrected chi connectivity index (χ3v) is 4.60. The minimum atomic E-state index is -0.423. The van der Waals surface area contributed by atoms with E-state index < -0.39 is 5.97 Å². The lowest BCUT2D eigenvalue weighted by molar-refractivity contribution is 0.0600. The summed E-state index contributed by atoms with van der Waals surface area (Å²) in [5, 5.41) is 6.01. The second kappa shape index (κ2) is 9.64. The van der Waals surface area contributed by atoms with E-state index in [4.69, 9.17) is 0 Å². The van der Waals surface area contributed by atoms with Crippen LogP contribution in [0.1, 0.15) is 53.0 Å². The van der Waals surface area contributed by atoms with Gasteiger partial charge in [0.1, 0.15) is 17.8 Å². The van der Waals surface area contributed by atoms with Crippen molar-refractivity contribution >= 4 is 23.4 Å². The maximum absolute atomic E-state index is 12.4. The zero-order chi connectivity index (χ0) is 19.8. The topological polar surface area (TPSA) is 93.2 Å². The molecule has 1 aliphatic carbocycles. The van der Waals surface area contributed by atoms with Gasteiger partial charge in [-0.25, -0.2) is 14.8 Å². The first-order valence-corrected chi connectivity index (χ1v) is 9.39. The molecule has 2 N–H and O–H groups in total. The van der Waals surface area contributed by atoms with Crippen molar-refractivity contribution in [2.24, 2.45) is 0 Å². The number of ether oxygens (including phenoxy) is 1. The average Bonchev–Trinajstić information content (AvgIpc) is 2.74. The smallest absolute Gasteiger partial charge is 0.337 e. The lowest BCUT2D eigenvalue weighted by atomic mass is 9.97. The van der Waals surface area contributed by atoms with Crippen LogP contribution in [-0.2, 0) is 4.74 Å². The molecule has 1 aromatic carbocycles. The van der Waals surface area contributed by atoms with Crippen molar-refractivity contribution in [2.75, 3.05) is 24.3 Å². The number of methoxy groups -OCH3 is 1. The maximum atomic E-state index is 12.4. The summed E-state index contributed by atoms with van der Waals surface area (Å²) in [5.41, 5.74) is 2.74. The summed E-state index contributed by atoms with van der Waals surface area (Å²) in [6.45, 7) is 0.777. The molecule has 0 aliphatic heterocycles. The van der Waals surface area contributed by atoms with Gasteiger partial charge in [-0.15, -0.1) is 0 Å². The third kappa shape index (κ3) is 5.39. The molecule has 0 bridgehead atoms. The number of benzene rings is 1. The molecule has 0 saturated carbocycles. The summed E-state index contributed by atoms with van der Waals surface area (Å²) in [4.78, 5) is 32.1. The van der Waals surface area contributed by atoms with Crippen LogP contribution in [0.25, 0.3) is 0 Å². The Labute approximate surface area is 164 Å². The van der Waals surface area contributed by atoms with Crippen molar-refractivity contribution in [3.8, 4) is 0 Å². The Balaban J connectivity index is 1.55. The second-order valence-corrected chi connectivity index (χ2v) is 6.60. The maximum Gasteiger partial charge on any atom is 0.337 e. The summed E-state index contributed by atoms with van der Waals surface area (Å²) < 4.78 is 4.66. The van der Waals surface area contributed by atoms with E-state index >= 15 is 0 Å². The van der Waals surface area contributed by atoms with Crippen LogP contribution in [0.15, 0.2) is 48.3 Å². The Kier molecular flexibility index (Phi) is 6.73. The van der Waals surface area contributed by atoms with Gasteiger partial charge in [0.25, 0.3) is 5.91 Å². The normalized spacial score (nSPS) is 13.4. The number of hydrogen-bond donors (Lipinski definition) is 2. The number of nitrogens with one attached hydrogen (secondary N) is 2. The van der Waals surface area contributed by atoms with Gasteiger partial charge >= 0.3 is 5.97 Å². The van der Waals surface area contributed by atoms with Gasteiger partial charge in [-0.05, 0) is 56.4 Å². The van der Waals surface area contributed by atoms with E-state index in [2.05, 4.69) is 31.4 Å². The highest BCUT2D eigenvalue weighted by Gasteiger charge is 2.11. The van der Waals surface area contributed by atoms with Gasteiger partial charge in [0, 0.05) is 18.3 Å². The fourth-order valence-corrected chi connectivity index (χ4v) is 3.06. The monoisotopic (exact) mass is 380 g/mol. The molecule has 0 radical (unpaired) electrons. The first-order chi connectivity index (χ1) is 13.7. The van der Waals surface area contributed by atoms with Crippen molar-refractivity contribution in [3.63, 3.8) is 0 Å². The molecule has 7 nitrogen and oxygen atoms in total. The van der Waals surface area contributed by atoms with Crippen LogP contribution in [0.5, 0.6) is 0 Å². The number of hydrogen-bond acceptors (Lipinski definition) is 6. The molecule has 146 valence electrons. The molecule has 1 heterocycles. The predicted octanol–water partition coefficient (Wildman–Crippen LogP) is 3.82. The Morgan fingerprint density at radius 1 is 1.14 bits per heavy atom. The second-order valence-electron chi connectivity index (χ2n) is 6.60. The number of esters is 1. The zero-order valence-electron chi connectivity index (χ0n) is 15.9. The molecule has 0 fully saturated rings. The summed E-state index contributed by atoms with van der Waals surface area (Å²) in [7, 11) is 1.32. The highest BCUT2D eigenvalue weighted by molar-refractivity contribution is 6.03. The van der Waals surface area contributed by atoms with Crippen molar-refractivity contribution in [1.29, 1.82) is 0 Å². The van der Waals surface area contributed by atoms with Crippen LogP contribution >= 0.6 is 0 Å². The molecule has 0 unspecified atom stereocenters. The molecule has 3 rings (SSSR count). The molecule has 2 aromatic rings. The van der Waals surface area contributed by atoms with Crippen LogP contribution in [0, 0.1) is 0 Å². The molecule has 1 amide bonds. The summed E-state index contributed by atoms with van der Waals surface area (Å²) in [6, 6.07) is 8.10. The van der Waals surface area contributed by atoms with E-state index in [1.165, 1.54) is 44.7 Å². The summed E-state index contributed by atoms with van der Waals surface area (Å²) in [6.07, 6.45) is 9.59. The lowest BCUT2D eigenvalue weighted by Gasteiger charge is -2.13. The number of carbonyl (C=O) groups is 2. The fraction of sp³-hybridized carbons (Fsp3) is 0.333. The van der Waals surface area contributed by atoms with Gasteiger partial charge in [0.15, 0.2) is 0 Å². The molecular formula is C21H24N4O3. The largest absolute Gasteiger partial charge is 0.465 e.